The van der Waals surface area contributed by atoms with E-state index in [2.05, 4.69) is 17.5 Å². The van der Waals surface area contributed by atoms with E-state index >= 15 is 0 Å². The van der Waals surface area contributed by atoms with Crippen molar-refractivity contribution < 1.29 is 0 Å². The number of hydrogen-bond acceptors (Lipinski definition) is 4. The van der Waals surface area contributed by atoms with Crippen LogP contribution in [0.25, 0.3) is 11.6 Å². The van der Waals surface area contributed by atoms with Gasteiger partial charge < -0.3 is 0 Å². The first kappa shape index (κ1) is 16.7. The number of rotatable bonds is 3. The summed E-state index contributed by atoms with van der Waals surface area (Å²) in [6, 6.07) is 11.8. The largest absolute Gasteiger partial charge is 0.240 e. The Morgan fingerprint density at radius 2 is 1.67 bits per heavy atom. The maximum atomic E-state index is 9.68. The lowest BCUT2D eigenvalue weighted by Crippen LogP contribution is -2.48. The van der Waals surface area contributed by atoms with Gasteiger partial charge >= 0.3 is 0 Å². The Hall–Kier alpha value is -2.43. The summed E-state index contributed by atoms with van der Waals surface area (Å²) < 4.78 is 0. The van der Waals surface area contributed by atoms with Gasteiger partial charge in [-0.15, -0.1) is 11.3 Å². The molecule has 4 heteroatoms. The van der Waals surface area contributed by atoms with Gasteiger partial charge in [-0.05, 0) is 80.1 Å². The van der Waals surface area contributed by atoms with E-state index in [1.165, 1.54) is 44.2 Å². The van der Waals surface area contributed by atoms with Crippen LogP contribution in [-0.4, -0.2) is 4.98 Å². The van der Waals surface area contributed by atoms with Crippen LogP contribution in [-0.2, 0) is 5.41 Å². The predicted molar refractivity (Wildman–Crippen MR) is 107 cm³/mol. The molecule has 0 radical (unpaired) electrons. The molecule has 4 bridgehead atoms. The number of allylic oxidation sites excluding steroid dienone is 1. The molecule has 134 valence electrons. The van der Waals surface area contributed by atoms with Gasteiger partial charge in [0.1, 0.15) is 11.1 Å². The third-order valence-electron chi connectivity index (χ3n) is 6.79. The summed E-state index contributed by atoms with van der Waals surface area (Å²) in [6.07, 6.45) is 10.1. The molecule has 0 amide bonds. The Bertz CT molecular complexity index is 949. The van der Waals surface area contributed by atoms with Gasteiger partial charge in [-0.2, -0.15) is 10.5 Å². The maximum absolute atomic E-state index is 9.68. The number of benzene rings is 1. The molecule has 0 unspecified atom stereocenters. The third-order valence-corrected chi connectivity index (χ3v) is 7.66. The molecule has 0 spiro atoms. The number of nitrogens with zero attached hydrogens (tertiary/aromatic N) is 3. The van der Waals surface area contributed by atoms with Crippen LogP contribution in [0.15, 0.2) is 29.6 Å². The quantitative estimate of drug-likeness (QED) is 0.665. The summed E-state index contributed by atoms with van der Waals surface area (Å²) in [5.41, 5.74) is 3.68. The molecular weight excluding hydrogens is 350 g/mol. The Balaban J connectivity index is 1.45. The van der Waals surface area contributed by atoms with Gasteiger partial charge in [0.25, 0.3) is 0 Å². The van der Waals surface area contributed by atoms with E-state index in [1.54, 1.807) is 23.5 Å². The molecule has 3 nitrogen and oxygen atoms in total. The minimum absolute atomic E-state index is 0.276. The molecule has 0 aliphatic heterocycles. The van der Waals surface area contributed by atoms with Crippen LogP contribution in [0, 0.1) is 40.4 Å². The second-order valence-electron chi connectivity index (χ2n) is 8.64. The van der Waals surface area contributed by atoms with Crippen LogP contribution >= 0.6 is 11.3 Å². The second-order valence-corrected chi connectivity index (χ2v) is 9.50. The van der Waals surface area contributed by atoms with E-state index in [1.807, 2.05) is 18.2 Å². The number of aromatic nitrogens is 1. The van der Waals surface area contributed by atoms with E-state index < -0.39 is 0 Å². The zero-order valence-electron chi connectivity index (χ0n) is 15.2. The minimum atomic E-state index is 0.276. The molecule has 4 saturated carbocycles. The lowest BCUT2D eigenvalue weighted by molar-refractivity contribution is -0.00694. The maximum Gasteiger partial charge on any atom is 0.134 e. The predicted octanol–water partition coefficient (Wildman–Crippen LogP) is 5.55. The van der Waals surface area contributed by atoms with E-state index in [0.29, 0.717) is 11.1 Å². The molecule has 27 heavy (non-hydrogen) atoms. The number of hydrogen-bond donors (Lipinski definition) is 0. The van der Waals surface area contributed by atoms with Gasteiger partial charge in [0.05, 0.1) is 22.9 Å². The van der Waals surface area contributed by atoms with Crippen molar-refractivity contribution in [2.45, 2.75) is 43.9 Å². The highest BCUT2D eigenvalue weighted by atomic mass is 32.1. The van der Waals surface area contributed by atoms with E-state index in [-0.39, 0.29) is 5.41 Å². The Kier molecular flexibility index (Phi) is 3.92. The average Bonchev–Trinajstić information content (AvgIpc) is 3.16. The van der Waals surface area contributed by atoms with Gasteiger partial charge in [0.2, 0.25) is 0 Å². The lowest BCUT2D eigenvalue weighted by atomic mass is 9.49. The lowest BCUT2D eigenvalue weighted by Gasteiger charge is -2.56. The fourth-order valence-electron chi connectivity index (χ4n) is 6.03. The first-order valence-electron chi connectivity index (χ1n) is 9.76. The van der Waals surface area contributed by atoms with Gasteiger partial charge in [-0.25, -0.2) is 4.98 Å². The second kappa shape index (κ2) is 6.32. The fourth-order valence-corrected chi connectivity index (χ4v) is 6.94. The molecule has 0 saturated heterocycles. The Morgan fingerprint density at radius 3 is 2.22 bits per heavy atom. The van der Waals surface area contributed by atoms with E-state index in [4.69, 9.17) is 10.2 Å². The van der Waals surface area contributed by atoms with Crippen LogP contribution < -0.4 is 0 Å². The highest BCUT2D eigenvalue weighted by Crippen LogP contribution is 2.60. The van der Waals surface area contributed by atoms with Crippen molar-refractivity contribution in [3.05, 3.63) is 51.5 Å². The van der Waals surface area contributed by atoms with Crippen molar-refractivity contribution in [1.29, 1.82) is 10.5 Å². The fraction of sp³-hybridized carbons (Fsp3) is 0.435. The van der Waals surface area contributed by atoms with Gasteiger partial charge in [0.15, 0.2) is 0 Å². The normalized spacial score (nSPS) is 31.5. The molecule has 1 aromatic heterocycles. The minimum Gasteiger partial charge on any atom is -0.240 e. The molecule has 4 fully saturated rings. The summed E-state index contributed by atoms with van der Waals surface area (Å²) in [6.45, 7) is 0. The molecule has 4 aliphatic carbocycles. The van der Waals surface area contributed by atoms with E-state index in [9.17, 15) is 5.26 Å². The van der Waals surface area contributed by atoms with Crippen LogP contribution in [0.3, 0.4) is 0 Å². The summed E-state index contributed by atoms with van der Waals surface area (Å²) in [5, 5.41) is 21.6. The van der Waals surface area contributed by atoms with Crippen LogP contribution in [0.5, 0.6) is 0 Å². The van der Waals surface area contributed by atoms with Crippen molar-refractivity contribution in [2.75, 3.05) is 0 Å². The summed E-state index contributed by atoms with van der Waals surface area (Å²) >= 11 is 1.60. The van der Waals surface area contributed by atoms with Crippen molar-refractivity contribution >= 4 is 23.0 Å². The first-order valence-corrected chi connectivity index (χ1v) is 10.6. The summed E-state index contributed by atoms with van der Waals surface area (Å²) in [4.78, 5) is 4.98. The highest BCUT2D eigenvalue weighted by molar-refractivity contribution is 7.11. The molecule has 6 rings (SSSR count). The topological polar surface area (TPSA) is 60.5 Å². The molecule has 0 atom stereocenters. The van der Waals surface area contributed by atoms with Gasteiger partial charge in [0, 0.05) is 10.8 Å². The van der Waals surface area contributed by atoms with Crippen molar-refractivity contribution in [3.8, 4) is 12.1 Å². The van der Waals surface area contributed by atoms with Crippen LogP contribution in [0.2, 0.25) is 0 Å². The Labute approximate surface area is 164 Å². The molecule has 1 heterocycles. The third kappa shape index (κ3) is 2.89. The molecule has 0 N–H and O–H groups in total. The number of nitriles is 2. The smallest absolute Gasteiger partial charge is 0.134 e. The van der Waals surface area contributed by atoms with Crippen LogP contribution in [0.1, 0.15) is 60.4 Å². The van der Waals surface area contributed by atoms with Crippen molar-refractivity contribution in [2.24, 2.45) is 17.8 Å². The zero-order chi connectivity index (χ0) is 18.4. The molecular formula is C23H21N3S. The summed E-state index contributed by atoms with van der Waals surface area (Å²) in [5.74, 6) is 2.68. The monoisotopic (exact) mass is 371 g/mol. The summed E-state index contributed by atoms with van der Waals surface area (Å²) in [7, 11) is 0. The standard InChI is InChI=1S/C23H21N3S/c24-12-16-3-1-15(2-4-16)8-20(13-25)22-26-21(14-27-22)23-9-17-5-18(10-23)7-19(6-17)11-23/h1-4,8,14,17-19H,5-7,9-11H2/b20-8+. The average molecular weight is 372 g/mol. The highest BCUT2D eigenvalue weighted by Gasteiger charge is 2.52. The van der Waals surface area contributed by atoms with E-state index in [0.717, 1.165) is 28.3 Å². The molecule has 2 aromatic rings. The number of thiazole rings is 1. The van der Waals surface area contributed by atoms with Crippen molar-refractivity contribution in [1.82, 2.24) is 4.98 Å². The van der Waals surface area contributed by atoms with Crippen LogP contribution in [0.4, 0.5) is 0 Å². The SMILES string of the molecule is N#C/C(=C\c1ccc(C#N)cc1)c1nc(C23CC4CC(CC(C4)C2)C3)cs1. The Morgan fingerprint density at radius 1 is 1.04 bits per heavy atom. The first-order chi connectivity index (χ1) is 13.2. The molecule has 4 aliphatic rings. The zero-order valence-corrected chi connectivity index (χ0v) is 16.0. The molecule has 1 aromatic carbocycles. The van der Waals surface area contributed by atoms with Crippen molar-refractivity contribution in [3.63, 3.8) is 0 Å². The van der Waals surface area contributed by atoms with Gasteiger partial charge in [-0.3, -0.25) is 0 Å². The van der Waals surface area contributed by atoms with Gasteiger partial charge in [-0.1, -0.05) is 12.1 Å².